The zero-order valence-electron chi connectivity index (χ0n) is 9.25. The zero-order chi connectivity index (χ0) is 13.6. The normalized spacial score (nSPS) is 33.9. The molecule has 1 aliphatic rings. The first-order valence-electron chi connectivity index (χ1n) is 4.71. The zero-order valence-corrected chi connectivity index (χ0v) is 10.1. The first-order chi connectivity index (χ1) is 7.79. The number of aliphatic hydroxyl groups is 4. The molecule has 1 rings (SSSR count). The van der Waals surface area contributed by atoms with E-state index in [1.165, 1.54) is 0 Å². The third kappa shape index (κ3) is 6.53. The standard InChI is InChI=1S/C6H15NO7P.CH4O/c7-15(11,12)13-2-3-1-4(8)5(9)6(10)14-3;1-2/h3-6,8-12H,1-2,7H2;2H,1H3/q+1;. The summed E-state index contributed by atoms with van der Waals surface area (Å²) in [5.74, 6) is 0. The molecule has 0 radical (unpaired) electrons. The van der Waals surface area contributed by atoms with Crippen molar-refractivity contribution in [3.05, 3.63) is 0 Å². The second-order valence-corrected chi connectivity index (χ2v) is 4.76. The van der Waals surface area contributed by atoms with Gasteiger partial charge in [0.1, 0.15) is 12.7 Å². The molecule has 1 heterocycles. The molecule has 0 saturated carbocycles. The molecule has 0 spiro atoms. The van der Waals surface area contributed by atoms with E-state index < -0.39 is 32.7 Å². The SMILES string of the molecule is CO.N[P+](O)(O)OCC1CC(O)C(O)C(O)O1. The van der Waals surface area contributed by atoms with Gasteiger partial charge < -0.3 is 25.2 Å². The van der Waals surface area contributed by atoms with Crippen molar-refractivity contribution in [2.75, 3.05) is 13.7 Å². The number of rotatable bonds is 3. The van der Waals surface area contributed by atoms with Crippen LogP contribution in [0.2, 0.25) is 0 Å². The Morgan fingerprint density at radius 2 is 1.82 bits per heavy atom. The lowest BCUT2D eigenvalue weighted by atomic mass is 10.0. The van der Waals surface area contributed by atoms with E-state index in [0.29, 0.717) is 0 Å². The van der Waals surface area contributed by atoms with Crippen molar-refractivity contribution in [3.63, 3.8) is 0 Å². The number of aliphatic hydroxyl groups excluding tert-OH is 4. The minimum absolute atomic E-state index is 0.0121. The van der Waals surface area contributed by atoms with Crippen LogP contribution in [0.25, 0.3) is 0 Å². The van der Waals surface area contributed by atoms with E-state index >= 15 is 0 Å². The van der Waals surface area contributed by atoms with Gasteiger partial charge in [-0.3, -0.25) is 0 Å². The van der Waals surface area contributed by atoms with E-state index in [4.69, 9.17) is 35.3 Å². The van der Waals surface area contributed by atoms with Gasteiger partial charge in [0, 0.05) is 13.5 Å². The van der Waals surface area contributed by atoms with E-state index in [9.17, 15) is 5.11 Å². The van der Waals surface area contributed by atoms with Crippen LogP contribution in [0.4, 0.5) is 0 Å². The molecule has 0 aromatic heterocycles. The molecule has 104 valence electrons. The average molecular weight is 276 g/mol. The van der Waals surface area contributed by atoms with Gasteiger partial charge >= 0.3 is 8.09 Å². The minimum Gasteiger partial charge on any atom is -0.400 e. The predicted molar refractivity (Wildman–Crippen MR) is 57.2 cm³/mol. The smallest absolute Gasteiger partial charge is 0.400 e. The molecular weight excluding hydrogens is 257 g/mol. The van der Waals surface area contributed by atoms with Gasteiger partial charge in [0.15, 0.2) is 6.29 Å². The minimum atomic E-state index is -3.84. The molecule has 0 aromatic rings. The molecule has 17 heavy (non-hydrogen) atoms. The summed E-state index contributed by atoms with van der Waals surface area (Å²) in [6.07, 6.45) is -4.78. The lowest BCUT2D eigenvalue weighted by Gasteiger charge is -2.33. The average Bonchev–Trinajstić information content (AvgIpc) is 2.24. The van der Waals surface area contributed by atoms with E-state index in [-0.39, 0.29) is 13.0 Å². The number of hydrogen-bond acceptors (Lipinski definition) is 9. The lowest BCUT2D eigenvalue weighted by molar-refractivity contribution is -0.251. The molecule has 0 amide bonds. The molecule has 4 unspecified atom stereocenters. The maximum absolute atomic E-state index is 9.26. The van der Waals surface area contributed by atoms with E-state index in [0.717, 1.165) is 7.11 Å². The summed E-state index contributed by atoms with van der Waals surface area (Å²) in [6, 6.07) is 0. The molecule has 0 aromatic carbocycles. The van der Waals surface area contributed by atoms with E-state index in [2.05, 4.69) is 4.52 Å². The molecule has 10 heteroatoms. The molecule has 9 nitrogen and oxygen atoms in total. The van der Waals surface area contributed by atoms with Crippen LogP contribution in [0.1, 0.15) is 6.42 Å². The highest BCUT2D eigenvalue weighted by Crippen LogP contribution is 2.41. The molecular formula is C7H19NO8P+. The van der Waals surface area contributed by atoms with Gasteiger partial charge in [0.25, 0.3) is 0 Å². The van der Waals surface area contributed by atoms with Gasteiger partial charge in [-0.15, -0.1) is 5.50 Å². The van der Waals surface area contributed by atoms with Gasteiger partial charge in [-0.05, 0) is 0 Å². The number of ether oxygens (including phenoxy) is 1. The van der Waals surface area contributed by atoms with E-state index in [1.807, 2.05) is 0 Å². The number of nitrogens with two attached hydrogens (primary N) is 1. The Balaban J connectivity index is 0.00000121. The maximum Gasteiger partial charge on any atom is 0.493 e. The van der Waals surface area contributed by atoms with Crippen molar-refractivity contribution in [2.45, 2.75) is 31.0 Å². The molecule has 1 aliphatic heterocycles. The fourth-order valence-corrected chi connectivity index (χ4v) is 1.62. The van der Waals surface area contributed by atoms with Crippen LogP contribution in [-0.4, -0.2) is 68.5 Å². The largest absolute Gasteiger partial charge is 0.493 e. The summed E-state index contributed by atoms with van der Waals surface area (Å²) >= 11 is 0. The Bertz CT molecular complexity index is 201. The van der Waals surface area contributed by atoms with Crippen molar-refractivity contribution in [2.24, 2.45) is 5.50 Å². The summed E-state index contributed by atoms with van der Waals surface area (Å²) in [5.41, 5.74) is 4.82. The van der Waals surface area contributed by atoms with Crippen LogP contribution in [0.3, 0.4) is 0 Å². The highest BCUT2D eigenvalue weighted by Gasteiger charge is 2.38. The Morgan fingerprint density at radius 1 is 1.29 bits per heavy atom. The van der Waals surface area contributed by atoms with Crippen molar-refractivity contribution in [1.29, 1.82) is 0 Å². The maximum atomic E-state index is 9.26. The van der Waals surface area contributed by atoms with Gasteiger partial charge in [0.05, 0.1) is 12.2 Å². The van der Waals surface area contributed by atoms with Crippen molar-refractivity contribution in [1.82, 2.24) is 0 Å². The van der Waals surface area contributed by atoms with Crippen LogP contribution in [0.5, 0.6) is 0 Å². The fourth-order valence-electron chi connectivity index (χ4n) is 1.23. The second-order valence-electron chi connectivity index (χ2n) is 3.33. The predicted octanol–water partition coefficient (Wildman–Crippen LogP) is -2.94. The summed E-state index contributed by atoms with van der Waals surface area (Å²) in [7, 11) is -2.84. The van der Waals surface area contributed by atoms with Crippen LogP contribution in [0, 0.1) is 0 Å². The van der Waals surface area contributed by atoms with Crippen LogP contribution < -0.4 is 5.50 Å². The summed E-state index contributed by atoms with van der Waals surface area (Å²) in [5, 5.41) is 34.5. The Labute approximate surface area is 98.7 Å². The summed E-state index contributed by atoms with van der Waals surface area (Å²) < 4.78 is 9.30. The molecule has 8 N–H and O–H groups in total. The van der Waals surface area contributed by atoms with E-state index in [1.54, 1.807) is 0 Å². The van der Waals surface area contributed by atoms with Gasteiger partial charge in [0.2, 0.25) is 0 Å². The molecule has 0 bridgehead atoms. The third-order valence-corrected chi connectivity index (χ3v) is 2.50. The molecule has 0 aliphatic carbocycles. The first kappa shape index (κ1) is 17.1. The second kappa shape index (κ2) is 7.49. The van der Waals surface area contributed by atoms with Gasteiger partial charge in [-0.2, -0.15) is 14.3 Å². The van der Waals surface area contributed by atoms with Crippen molar-refractivity contribution >= 4 is 8.09 Å². The fraction of sp³-hybridized carbons (Fsp3) is 1.00. The summed E-state index contributed by atoms with van der Waals surface area (Å²) in [6.45, 7) is -0.280. The van der Waals surface area contributed by atoms with Gasteiger partial charge in [-0.1, -0.05) is 0 Å². The highest BCUT2D eigenvalue weighted by molar-refractivity contribution is 7.57. The highest BCUT2D eigenvalue weighted by atomic mass is 31.2. The quantitative estimate of drug-likeness (QED) is 0.267. The third-order valence-electron chi connectivity index (χ3n) is 1.97. The first-order valence-corrected chi connectivity index (χ1v) is 6.40. The Kier molecular flexibility index (Phi) is 7.52. The van der Waals surface area contributed by atoms with Crippen LogP contribution in [0.15, 0.2) is 0 Å². The topological polar surface area (TPSA) is 166 Å². The molecule has 4 atom stereocenters. The van der Waals surface area contributed by atoms with Crippen molar-refractivity contribution < 1.29 is 39.5 Å². The van der Waals surface area contributed by atoms with Crippen LogP contribution >= 0.6 is 8.09 Å². The number of hydrogen-bond donors (Lipinski definition) is 7. The van der Waals surface area contributed by atoms with Crippen LogP contribution in [-0.2, 0) is 9.26 Å². The lowest BCUT2D eigenvalue weighted by Crippen LogP contribution is -2.49. The van der Waals surface area contributed by atoms with Gasteiger partial charge in [-0.25, -0.2) is 0 Å². The monoisotopic (exact) mass is 276 g/mol. The molecule has 1 fully saturated rings. The Hall–Kier alpha value is 0.0700. The Morgan fingerprint density at radius 3 is 2.24 bits per heavy atom. The molecule has 1 saturated heterocycles. The van der Waals surface area contributed by atoms with Crippen molar-refractivity contribution in [3.8, 4) is 0 Å². The summed E-state index contributed by atoms with van der Waals surface area (Å²) in [4.78, 5) is 17.4.